The molecule has 2 heterocycles. The molecule has 1 unspecified atom stereocenters. The van der Waals surface area contributed by atoms with E-state index in [-0.39, 0.29) is 18.9 Å². The maximum absolute atomic E-state index is 13.7. The first-order valence-corrected chi connectivity index (χ1v) is 7.97. The molecule has 1 aromatic heterocycles. The Hall–Kier alpha value is -2.72. The molecule has 27 heavy (non-hydrogen) atoms. The number of hydrogen-bond donors (Lipinski definition) is 2. The van der Waals surface area contributed by atoms with Gasteiger partial charge >= 0.3 is 12.2 Å². The van der Waals surface area contributed by atoms with Gasteiger partial charge in [0, 0.05) is 31.1 Å². The number of aromatic amines is 1. The topological polar surface area (TPSA) is 61.0 Å². The first kappa shape index (κ1) is 19.1. The normalized spacial score (nSPS) is 17.9. The molecule has 0 aliphatic carbocycles. The molecular formula is C16H14F6N4O. The van der Waals surface area contributed by atoms with Gasteiger partial charge in [0.2, 0.25) is 0 Å². The third-order valence-electron chi connectivity index (χ3n) is 4.23. The second-order valence-electron chi connectivity index (χ2n) is 6.14. The number of urea groups is 1. The van der Waals surface area contributed by atoms with Gasteiger partial charge in [-0.05, 0) is 12.8 Å². The monoisotopic (exact) mass is 392 g/mol. The third kappa shape index (κ3) is 4.17. The number of anilines is 1. The van der Waals surface area contributed by atoms with Gasteiger partial charge in [-0.2, -0.15) is 13.2 Å². The number of hydrogen-bond acceptors (Lipinski definition) is 2. The Balaban J connectivity index is 1.71. The van der Waals surface area contributed by atoms with Gasteiger partial charge in [0.05, 0.1) is 11.9 Å². The number of H-pyrrole nitrogens is 1. The summed E-state index contributed by atoms with van der Waals surface area (Å²) >= 11 is 0. The Morgan fingerprint density at radius 3 is 2.67 bits per heavy atom. The fourth-order valence-electron chi connectivity index (χ4n) is 2.91. The number of imidazole rings is 1. The molecule has 0 spiro atoms. The van der Waals surface area contributed by atoms with Crippen molar-refractivity contribution in [2.24, 2.45) is 0 Å². The minimum atomic E-state index is -4.56. The molecule has 0 radical (unpaired) electrons. The number of carbonyl (C=O) groups excluding carboxylic acids is 1. The fourth-order valence-corrected chi connectivity index (χ4v) is 2.91. The van der Waals surface area contributed by atoms with E-state index in [0.717, 1.165) is 0 Å². The minimum Gasteiger partial charge on any atom is -0.338 e. The van der Waals surface area contributed by atoms with Crippen molar-refractivity contribution in [2.45, 2.75) is 24.9 Å². The summed E-state index contributed by atoms with van der Waals surface area (Å²) in [5.41, 5.74) is -1.65. The van der Waals surface area contributed by atoms with Crippen LogP contribution in [0.25, 0.3) is 0 Å². The van der Waals surface area contributed by atoms with Crippen molar-refractivity contribution in [1.82, 2.24) is 14.9 Å². The van der Waals surface area contributed by atoms with Crippen LogP contribution >= 0.6 is 0 Å². The highest BCUT2D eigenvalue weighted by Crippen LogP contribution is 2.31. The summed E-state index contributed by atoms with van der Waals surface area (Å²) in [6, 6.07) is 0.169. The van der Waals surface area contributed by atoms with Crippen molar-refractivity contribution in [3.8, 4) is 0 Å². The number of benzene rings is 1. The lowest BCUT2D eigenvalue weighted by Gasteiger charge is -2.32. The molecule has 1 fully saturated rings. The van der Waals surface area contributed by atoms with E-state index in [1.54, 1.807) is 0 Å². The van der Waals surface area contributed by atoms with Crippen LogP contribution in [0.1, 0.15) is 30.3 Å². The van der Waals surface area contributed by atoms with Crippen LogP contribution in [0.5, 0.6) is 0 Å². The Morgan fingerprint density at radius 1 is 1.26 bits per heavy atom. The summed E-state index contributed by atoms with van der Waals surface area (Å²) in [6.45, 7) is 0.282. The first-order valence-electron chi connectivity index (χ1n) is 7.97. The van der Waals surface area contributed by atoms with Crippen molar-refractivity contribution in [2.75, 3.05) is 18.4 Å². The lowest BCUT2D eigenvalue weighted by molar-refractivity contribution is -0.141. The predicted octanol–water partition coefficient (Wildman–Crippen LogP) is 4.26. The fraction of sp³-hybridized carbons (Fsp3) is 0.375. The molecule has 1 aromatic carbocycles. The van der Waals surface area contributed by atoms with Gasteiger partial charge in [-0.15, -0.1) is 0 Å². The van der Waals surface area contributed by atoms with Crippen LogP contribution in [0.15, 0.2) is 18.3 Å². The average molecular weight is 392 g/mol. The zero-order valence-electron chi connectivity index (χ0n) is 13.7. The molecule has 1 atom stereocenters. The van der Waals surface area contributed by atoms with Crippen LogP contribution in [0.4, 0.5) is 36.8 Å². The van der Waals surface area contributed by atoms with Crippen LogP contribution in [-0.2, 0) is 6.18 Å². The largest absolute Gasteiger partial charge is 0.432 e. The summed E-state index contributed by atoms with van der Waals surface area (Å²) < 4.78 is 78.1. The van der Waals surface area contributed by atoms with Crippen LogP contribution in [0.2, 0.25) is 0 Å². The standard InChI is InChI=1S/C16H14F6N4O/c17-9-4-10(18)13(19)11(5-9)24-15(27)26-3-1-2-8(7-26)14-23-6-12(25-14)16(20,21)22/h4-6,8H,1-3,7H2,(H,23,25)(H,24,27). The summed E-state index contributed by atoms with van der Waals surface area (Å²) in [4.78, 5) is 19.4. The van der Waals surface area contributed by atoms with E-state index < -0.39 is 47.0 Å². The van der Waals surface area contributed by atoms with Gasteiger partial charge < -0.3 is 15.2 Å². The SMILES string of the molecule is O=C(Nc1cc(F)cc(F)c1F)N1CCCC(c2ncc(C(F)(F)F)[nH]2)C1. The van der Waals surface area contributed by atoms with E-state index in [2.05, 4.69) is 15.3 Å². The van der Waals surface area contributed by atoms with E-state index in [4.69, 9.17) is 0 Å². The third-order valence-corrected chi connectivity index (χ3v) is 4.23. The molecule has 2 amide bonds. The van der Waals surface area contributed by atoms with E-state index in [1.807, 2.05) is 0 Å². The van der Waals surface area contributed by atoms with E-state index in [0.29, 0.717) is 31.2 Å². The van der Waals surface area contributed by atoms with Crippen LogP contribution in [0, 0.1) is 17.5 Å². The second-order valence-corrected chi connectivity index (χ2v) is 6.14. The number of carbonyl (C=O) groups is 1. The molecule has 1 aliphatic rings. The van der Waals surface area contributed by atoms with Crippen LogP contribution in [0.3, 0.4) is 0 Å². The highest BCUT2D eigenvalue weighted by molar-refractivity contribution is 5.89. The number of alkyl halides is 3. The summed E-state index contributed by atoms with van der Waals surface area (Å²) in [7, 11) is 0. The van der Waals surface area contributed by atoms with Gasteiger partial charge in [-0.1, -0.05) is 0 Å². The van der Waals surface area contributed by atoms with Crippen molar-refractivity contribution in [3.63, 3.8) is 0 Å². The van der Waals surface area contributed by atoms with Crippen LogP contribution < -0.4 is 5.32 Å². The number of nitrogens with zero attached hydrogens (tertiary/aromatic N) is 2. The molecule has 1 saturated heterocycles. The number of rotatable bonds is 2. The highest BCUT2D eigenvalue weighted by Gasteiger charge is 2.35. The summed E-state index contributed by atoms with van der Waals surface area (Å²) in [6.07, 6.45) is -2.91. The zero-order chi connectivity index (χ0) is 19.8. The van der Waals surface area contributed by atoms with E-state index in [9.17, 15) is 31.1 Å². The molecule has 1 aliphatic heterocycles. The molecule has 2 aromatic rings. The van der Waals surface area contributed by atoms with Crippen molar-refractivity contribution >= 4 is 11.7 Å². The molecule has 146 valence electrons. The zero-order valence-corrected chi connectivity index (χ0v) is 13.7. The molecule has 11 heteroatoms. The van der Waals surface area contributed by atoms with Crippen molar-refractivity contribution < 1.29 is 31.1 Å². The van der Waals surface area contributed by atoms with Gasteiger partial charge in [-0.25, -0.2) is 22.9 Å². The first-order chi connectivity index (χ1) is 12.6. The summed E-state index contributed by atoms with van der Waals surface area (Å²) in [5.74, 6) is -4.30. The number of aromatic nitrogens is 2. The highest BCUT2D eigenvalue weighted by atomic mass is 19.4. The number of halogens is 6. The minimum absolute atomic E-state index is 0.0239. The van der Waals surface area contributed by atoms with Gasteiger partial charge in [0.1, 0.15) is 17.3 Å². The Morgan fingerprint density at radius 2 is 2.00 bits per heavy atom. The number of amides is 2. The quantitative estimate of drug-likeness (QED) is 0.593. The van der Waals surface area contributed by atoms with Crippen molar-refractivity contribution in [1.29, 1.82) is 0 Å². The van der Waals surface area contributed by atoms with E-state index >= 15 is 0 Å². The van der Waals surface area contributed by atoms with Gasteiger partial charge in [-0.3, -0.25) is 0 Å². The van der Waals surface area contributed by atoms with E-state index in [1.165, 1.54) is 4.90 Å². The number of nitrogens with one attached hydrogen (secondary N) is 2. The van der Waals surface area contributed by atoms with Gasteiger partial charge in [0.15, 0.2) is 11.6 Å². The van der Waals surface area contributed by atoms with Crippen molar-refractivity contribution in [3.05, 3.63) is 47.3 Å². The number of likely N-dealkylation sites (tertiary alicyclic amines) is 1. The average Bonchev–Trinajstić information content (AvgIpc) is 3.10. The number of piperidine rings is 1. The lowest BCUT2D eigenvalue weighted by atomic mass is 9.97. The molecule has 2 N–H and O–H groups in total. The smallest absolute Gasteiger partial charge is 0.338 e. The predicted molar refractivity (Wildman–Crippen MR) is 82.5 cm³/mol. The maximum atomic E-state index is 13.7. The van der Waals surface area contributed by atoms with Gasteiger partial charge in [0.25, 0.3) is 0 Å². The molecular weight excluding hydrogens is 378 g/mol. The molecule has 3 rings (SSSR count). The molecule has 0 bridgehead atoms. The Labute approximate surface area is 149 Å². The maximum Gasteiger partial charge on any atom is 0.432 e. The molecule has 5 nitrogen and oxygen atoms in total. The molecule has 0 saturated carbocycles. The Kier molecular flexibility index (Phi) is 5.03. The second kappa shape index (κ2) is 7.12. The van der Waals surface area contributed by atoms with Crippen LogP contribution in [-0.4, -0.2) is 34.0 Å². The summed E-state index contributed by atoms with van der Waals surface area (Å²) in [5, 5.41) is 2.08. The lowest BCUT2D eigenvalue weighted by Crippen LogP contribution is -2.42. The Bertz CT molecular complexity index is 850.